The van der Waals surface area contributed by atoms with Crippen LogP contribution in [0.2, 0.25) is 0 Å². The maximum atomic E-state index is 10.3. The number of benzene rings is 1. The van der Waals surface area contributed by atoms with Gasteiger partial charge >= 0.3 is 0 Å². The molecule has 0 heterocycles. The van der Waals surface area contributed by atoms with Crippen LogP contribution >= 0.6 is 0 Å². The van der Waals surface area contributed by atoms with Crippen LogP contribution in [0.5, 0.6) is 0 Å². The normalized spacial score (nSPS) is 20.4. The zero-order valence-electron chi connectivity index (χ0n) is 6.97. The van der Waals surface area contributed by atoms with Crippen molar-refractivity contribution in [1.82, 2.24) is 0 Å². The molecule has 1 aromatic rings. The Morgan fingerprint density at radius 1 is 1.38 bits per heavy atom. The number of hydrogen-bond acceptors (Lipinski definition) is 3. The van der Waals surface area contributed by atoms with E-state index in [9.17, 15) is 10.0 Å². The van der Waals surface area contributed by atoms with Crippen molar-refractivity contribution in [2.45, 2.75) is 12.5 Å². The van der Waals surface area contributed by atoms with Crippen LogP contribution in [-0.4, -0.2) is 5.11 Å². The summed E-state index contributed by atoms with van der Waals surface area (Å²) in [6.45, 7) is 0. The van der Waals surface area contributed by atoms with Gasteiger partial charge in [-0.05, 0) is 22.7 Å². The topological polar surface area (TPSA) is 49.7 Å². The summed E-state index contributed by atoms with van der Waals surface area (Å²) in [5.41, 5.74) is 2.07. The number of nitrogens with zero attached hydrogens (tertiary/aromatic N) is 1. The predicted molar refractivity (Wildman–Crippen MR) is 49.0 cm³/mol. The van der Waals surface area contributed by atoms with E-state index in [4.69, 9.17) is 0 Å². The standard InChI is InChI=1S/C10H9NO2/c12-10-8-4-2-1-3-7(8)5-6-9(10)11-13/h1-4,6,10,12H,5H2. The first kappa shape index (κ1) is 8.13. The fourth-order valence-electron chi connectivity index (χ4n) is 1.56. The third-order valence-corrected chi connectivity index (χ3v) is 2.27. The lowest BCUT2D eigenvalue weighted by Gasteiger charge is -2.18. The van der Waals surface area contributed by atoms with Gasteiger partial charge in [-0.1, -0.05) is 30.3 Å². The van der Waals surface area contributed by atoms with Gasteiger partial charge in [0.25, 0.3) is 0 Å². The van der Waals surface area contributed by atoms with Crippen LogP contribution in [0.15, 0.2) is 41.2 Å². The van der Waals surface area contributed by atoms with Gasteiger partial charge in [-0.25, -0.2) is 0 Å². The molecule has 1 aliphatic carbocycles. The summed E-state index contributed by atoms with van der Waals surface area (Å²) < 4.78 is 0. The minimum atomic E-state index is -0.845. The molecule has 1 N–H and O–H groups in total. The number of hydrogen-bond donors (Lipinski definition) is 1. The Balaban J connectivity index is 2.46. The first-order valence-electron chi connectivity index (χ1n) is 4.12. The highest BCUT2D eigenvalue weighted by atomic mass is 16.3. The van der Waals surface area contributed by atoms with E-state index in [-0.39, 0.29) is 5.70 Å². The molecule has 1 atom stereocenters. The zero-order valence-corrected chi connectivity index (χ0v) is 6.97. The largest absolute Gasteiger partial charge is 0.382 e. The molecule has 0 aliphatic heterocycles. The maximum absolute atomic E-state index is 10.3. The summed E-state index contributed by atoms with van der Waals surface area (Å²) in [6, 6.07) is 7.52. The van der Waals surface area contributed by atoms with Gasteiger partial charge in [0.2, 0.25) is 0 Å². The number of aliphatic hydroxyl groups is 1. The van der Waals surface area contributed by atoms with Crippen molar-refractivity contribution in [1.29, 1.82) is 0 Å². The van der Waals surface area contributed by atoms with Crippen molar-refractivity contribution in [2.24, 2.45) is 5.18 Å². The summed E-state index contributed by atoms with van der Waals surface area (Å²) in [4.78, 5) is 10.3. The molecular formula is C10H9NO2. The molecule has 0 saturated heterocycles. The molecule has 1 aliphatic rings. The highest BCUT2D eigenvalue weighted by Crippen LogP contribution is 2.30. The number of rotatable bonds is 1. The molecule has 0 fully saturated rings. The van der Waals surface area contributed by atoms with Crippen LogP contribution in [0.1, 0.15) is 17.2 Å². The van der Waals surface area contributed by atoms with Crippen molar-refractivity contribution in [3.63, 3.8) is 0 Å². The van der Waals surface area contributed by atoms with Gasteiger partial charge in [0.15, 0.2) is 0 Å². The molecule has 0 aromatic heterocycles. The quantitative estimate of drug-likeness (QED) is 0.663. The number of aliphatic hydroxyl groups excluding tert-OH is 1. The van der Waals surface area contributed by atoms with Crippen LogP contribution in [-0.2, 0) is 6.42 Å². The highest BCUT2D eigenvalue weighted by Gasteiger charge is 2.20. The minimum absolute atomic E-state index is 0.221. The summed E-state index contributed by atoms with van der Waals surface area (Å²) in [5.74, 6) is 0. The van der Waals surface area contributed by atoms with E-state index in [1.54, 1.807) is 6.08 Å². The molecule has 1 aromatic carbocycles. The fraction of sp³-hybridized carbons (Fsp3) is 0.200. The first-order valence-corrected chi connectivity index (χ1v) is 4.12. The lowest BCUT2D eigenvalue weighted by Crippen LogP contribution is -2.08. The van der Waals surface area contributed by atoms with Gasteiger partial charge in [-0.15, -0.1) is 4.91 Å². The molecule has 66 valence electrons. The summed E-state index contributed by atoms with van der Waals surface area (Å²) in [6.07, 6.45) is 1.50. The van der Waals surface area contributed by atoms with Gasteiger partial charge < -0.3 is 5.11 Å². The van der Waals surface area contributed by atoms with E-state index < -0.39 is 6.10 Å². The summed E-state index contributed by atoms with van der Waals surface area (Å²) in [7, 11) is 0. The zero-order chi connectivity index (χ0) is 9.26. The van der Waals surface area contributed by atoms with Crippen LogP contribution in [0.25, 0.3) is 0 Å². The van der Waals surface area contributed by atoms with E-state index >= 15 is 0 Å². The van der Waals surface area contributed by atoms with E-state index in [0.29, 0.717) is 6.42 Å². The van der Waals surface area contributed by atoms with Crippen molar-refractivity contribution in [2.75, 3.05) is 0 Å². The lowest BCUT2D eigenvalue weighted by atomic mass is 9.93. The average Bonchev–Trinajstić information content (AvgIpc) is 2.19. The Morgan fingerprint density at radius 2 is 2.15 bits per heavy atom. The molecule has 0 bridgehead atoms. The van der Waals surface area contributed by atoms with Crippen molar-refractivity contribution < 1.29 is 5.11 Å². The number of allylic oxidation sites excluding steroid dienone is 1. The fourth-order valence-corrected chi connectivity index (χ4v) is 1.56. The first-order chi connectivity index (χ1) is 6.33. The maximum Gasteiger partial charge on any atom is 0.124 e. The third-order valence-electron chi connectivity index (χ3n) is 2.27. The van der Waals surface area contributed by atoms with Gasteiger partial charge in [0.1, 0.15) is 11.8 Å². The van der Waals surface area contributed by atoms with E-state index in [1.165, 1.54) is 0 Å². The SMILES string of the molecule is O=NC1=CCc2ccccc2C1O. The Labute approximate surface area is 75.7 Å². The molecule has 0 saturated carbocycles. The second kappa shape index (κ2) is 3.11. The molecule has 3 nitrogen and oxygen atoms in total. The molecule has 0 spiro atoms. The Morgan fingerprint density at radius 3 is 2.92 bits per heavy atom. The lowest BCUT2D eigenvalue weighted by molar-refractivity contribution is 0.210. The van der Waals surface area contributed by atoms with E-state index in [2.05, 4.69) is 5.18 Å². The summed E-state index contributed by atoms with van der Waals surface area (Å²) in [5, 5.41) is 12.4. The third kappa shape index (κ3) is 1.27. The smallest absolute Gasteiger partial charge is 0.124 e. The van der Waals surface area contributed by atoms with Gasteiger partial charge in [0, 0.05) is 0 Å². The van der Waals surface area contributed by atoms with Gasteiger partial charge in [0.05, 0.1) is 0 Å². The Hall–Kier alpha value is -1.48. The van der Waals surface area contributed by atoms with Crippen LogP contribution in [0, 0.1) is 4.91 Å². The molecule has 0 radical (unpaired) electrons. The van der Waals surface area contributed by atoms with E-state index in [0.717, 1.165) is 11.1 Å². The monoisotopic (exact) mass is 175 g/mol. The number of nitroso groups, excluding NO2 is 1. The van der Waals surface area contributed by atoms with Crippen LogP contribution in [0.4, 0.5) is 0 Å². The molecular weight excluding hydrogens is 166 g/mol. The molecule has 1 unspecified atom stereocenters. The molecule has 3 heteroatoms. The molecule has 13 heavy (non-hydrogen) atoms. The van der Waals surface area contributed by atoms with Gasteiger partial charge in [-0.2, -0.15) is 0 Å². The van der Waals surface area contributed by atoms with Crippen molar-refractivity contribution >= 4 is 0 Å². The Kier molecular flexibility index (Phi) is 1.94. The van der Waals surface area contributed by atoms with Gasteiger partial charge in [-0.3, -0.25) is 0 Å². The van der Waals surface area contributed by atoms with Crippen molar-refractivity contribution in [3.8, 4) is 0 Å². The second-order valence-corrected chi connectivity index (χ2v) is 3.03. The molecule has 0 amide bonds. The van der Waals surface area contributed by atoms with Crippen molar-refractivity contribution in [3.05, 3.63) is 52.1 Å². The number of fused-ring (bicyclic) bond motifs is 1. The Bertz CT molecular complexity index is 371. The average molecular weight is 175 g/mol. The minimum Gasteiger partial charge on any atom is -0.382 e. The highest BCUT2D eigenvalue weighted by molar-refractivity contribution is 5.39. The predicted octanol–water partition coefficient (Wildman–Crippen LogP) is 1.93. The van der Waals surface area contributed by atoms with Crippen LogP contribution < -0.4 is 0 Å². The second-order valence-electron chi connectivity index (χ2n) is 3.03. The molecule has 2 rings (SSSR count). The summed E-state index contributed by atoms with van der Waals surface area (Å²) >= 11 is 0. The van der Waals surface area contributed by atoms with Crippen LogP contribution in [0.3, 0.4) is 0 Å². The van der Waals surface area contributed by atoms with E-state index in [1.807, 2.05) is 24.3 Å².